The highest BCUT2D eigenvalue weighted by Crippen LogP contribution is 2.06. The molecule has 0 fully saturated rings. The van der Waals surface area contributed by atoms with E-state index in [1.54, 1.807) is 0 Å². The molecule has 10 heteroatoms. The first-order chi connectivity index (χ1) is 12.3. The summed E-state index contributed by atoms with van der Waals surface area (Å²) in [5.74, 6) is -3.25. The number of amides is 1. The molecular formula is C17H33N3O7. The van der Waals surface area contributed by atoms with Gasteiger partial charge in [-0.25, -0.2) is 4.79 Å². The number of aliphatic carboxylic acids is 3. The van der Waals surface area contributed by atoms with Gasteiger partial charge in [0.15, 0.2) is 0 Å². The van der Waals surface area contributed by atoms with E-state index in [9.17, 15) is 19.2 Å². The number of nitrogens with two attached hydrogens (primary N) is 2. The third-order valence-corrected chi connectivity index (χ3v) is 3.37. The van der Waals surface area contributed by atoms with Crippen molar-refractivity contribution in [2.75, 3.05) is 0 Å². The number of carboxylic acid groups (broad SMARTS) is 3. The van der Waals surface area contributed by atoms with E-state index >= 15 is 0 Å². The molecule has 3 atom stereocenters. The molecule has 0 heterocycles. The number of hydrogen-bond donors (Lipinski definition) is 6. The molecule has 0 aromatic rings. The van der Waals surface area contributed by atoms with Crippen LogP contribution in [0.25, 0.3) is 0 Å². The van der Waals surface area contributed by atoms with E-state index in [1.165, 1.54) is 0 Å². The predicted molar refractivity (Wildman–Crippen MR) is 98.9 cm³/mol. The molecule has 10 nitrogen and oxygen atoms in total. The van der Waals surface area contributed by atoms with Gasteiger partial charge in [-0.15, -0.1) is 0 Å². The molecule has 158 valence electrons. The Labute approximate surface area is 159 Å². The second-order valence-corrected chi connectivity index (χ2v) is 7.14. The lowest BCUT2D eigenvalue weighted by Crippen LogP contribution is -2.49. The fourth-order valence-electron chi connectivity index (χ4n) is 1.99. The molecule has 0 saturated carbocycles. The minimum absolute atomic E-state index is 0.0187. The van der Waals surface area contributed by atoms with E-state index in [1.807, 2.05) is 27.7 Å². The topological polar surface area (TPSA) is 193 Å². The maximum atomic E-state index is 11.6. The van der Waals surface area contributed by atoms with Gasteiger partial charge >= 0.3 is 17.9 Å². The first-order valence-electron chi connectivity index (χ1n) is 8.76. The van der Waals surface area contributed by atoms with Gasteiger partial charge in [0.25, 0.3) is 0 Å². The molecule has 1 amide bonds. The summed E-state index contributed by atoms with van der Waals surface area (Å²) in [6.45, 7) is 7.57. The van der Waals surface area contributed by atoms with Crippen LogP contribution in [0.3, 0.4) is 0 Å². The van der Waals surface area contributed by atoms with Gasteiger partial charge in [-0.2, -0.15) is 0 Å². The van der Waals surface area contributed by atoms with Crippen molar-refractivity contribution in [1.29, 1.82) is 0 Å². The van der Waals surface area contributed by atoms with Crippen LogP contribution in [0.4, 0.5) is 0 Å². The summed E-state index contributed by atoms with van der Waals surface area (Å²) in [4.78, 5) is 42.9. The Hall–Kier alpha value is -2.20. The van der Waals surface area contributed by atoms with E-state index in [0.29, 0.717) is 18.8 Å². The van der Waals surface area contributed by atoms with E-state index in [0.717, 1.165) is 0 Å². The van der Waals surface area contributed by atoms with Gasteiger partial charge in [-0.3, -0.25) is 14.4 Å². The zero-order valence-corrected chi connectivity index (χ0v) is 16.3. The summed E-state index contributed by atoms with van der Waals surface area (Å²) < 4.78 is 0. The van der Waals surface area contributed by atoms with E-state index in [-0.39, 0.29) is 18.8 Å². The third kappa shape index (κ3) is 15.7. The van der Waals surface area contributed by atoms with Gasteiger partial charge in [-0.1, -0.05) is 27.7 Å². The molecule has 0 aliphatic carbocycles. The molecule has 0 spiro atoms. The fourth-order valence-corrected chi connectivity index (χ4v) is 1.99. The molecule has 0 saturated heterocycles. The van der Waals surface area contributed by atoms with Crippen LogP contribution in [0.2, 0.25) is 0 Å². The van der Waals surface area contributed by atoms with Gasteiger partial charge in [0, 0.05) is 6.42 Å². The average Bonchev–Trinajstić information content (AvgIpc) is 2.51. The Morgan fingerprint density at radius 3 is 1.59 bits per heavy atom. The number of carbonyl (C=O) groups is 4. The minimum Gasteiger partial charge on any atom is -0.481 e. The van der Waals surface area contributed by atoms with Gasteiger partial charge in [0.05, 0.1) is 6.04 Å². The Kier molecular flexibility index (Phi) is 13.9. The Bertz CT molecular complexity index is 495. The Balaban J connectivity index is 0. The lowest BCUT2D eigenvalue weighted by molar-refractivity contribution is -0.143. The summed E-state index contributed by atoms with van der Waals surface area (Å²) in [5, 5.41) is 28.0. The van der Waals surface area contributed by atoms with Crippen molar-refractivity contribution in [3.8, 4) is 0 Å². The molecule has 0 aromatic heterocycles. The van der Waals surface area contributed by atoms with Crippen LogP contribution >= 0.6 is 0 Å². The molecule has 0 aliphatic rings. The maximum Gasteiger partial charge on any atom is 0.326 e. The number of carbonyl (C=O) groups excluding carboxylic acids is 1. The number of hydrogen-bond acceptors (Lipinski definition) is 6. The maximum absolute atomic E-state index is 11.6. The molecule has 0 aliphatic heterocycles. The van der Waals surface area contributed by atoms with E-state index in [2.05, 4.69) is 5.32 Å². The van der Waals surface area contributed by atoms with E-state index < -0.39 is 41.9 Å². The van der Waals surface area contributed by atoms with Crippen LogP contribution in [0.1, 0.15) is 53.4 Å². The van der Waals surface area contributed by atoms with Gasteiger partial charge in [0.2, 0.25) is 5.91 Å². The van der Waals surface area contributed by atoms with Crippen LogP contribution in [0.5, 0.6) is 0 Å². The van der Waals surface area contributed by atoms with Crippen molar-refractivity contribution in [3.05, 3.63) is 0 Å². The first-order valence-corrected chi connectivity index (χ1v) is 8.76. The molecule has 0 rings (SSSR count). The summed E-state index contributed by atoms with van der Waals surface area (Å²) in [5.41, 5.74) is 10.7. The summed E-state index contributed by atoms with van der Waals surface area (Å²) in [6, 6.07) is -2.69. The average molecular weight is 391 g/mol. The third-order valence-electron chi connectivity index (χ3n) is 3.37. The zero-order valence-electron chi connectivity index (χ0n) is 16.3. The normalized spacial score (nSPS) is 13.9. The minimum atomic E-state index is -1.12. The molecule has 0 aromatic carbocycles. The smallest absolute Gasteiger partial charge is 0.326 e. The molecule has 0 radical (unpaired) electrons. The molecule has 0 bridgehead atoms. The summed E-state index contributed by atoms with van der Waals surface area (Å²) >= 11 is 0. The standard InChI is InChI=1S/C11H20N2O5.C6H13NO2/c1-6(2)5-8(11(17)18)13-10(16)7(12)3-4-9(14)15;1-4(2)3-5(7)6(8)9/h6-8H,3-5,12H2,1-2H3,(H,13,16)(H,14,15)(H,17,18);4-5H,3,7H2,1-2H3,(H,8,9). The summed E-state index contributed by atoms with van der Waals surface area (Å²) in [6.07, 6.45) is 0.605. The number of nitrogens with one attached hydrogen (secondary N) is 1. The lowest BCUT2D eigenvalue weighted by Gasteiger charge is -2.18. The number of carboxylic acids is 3. The van der Waals surface area contributed by atoms with Crippen LogP contribution in [0, 0.1) is 11.8 Å². The SMILES string of the molecule is CC(C)CC(N)C(=O)O.CC(C)CC(NC(=O)C(N)CCC(=O)O)C(=O)O. The largest absolute Gasteiger partial charge is 0.481 e. The first kappa shape index (κ1) is 27.0. The second kappa shape index (κ2) is 13.9. The van der Waals surface area contributed by atoms with Crippen molar-refractivity contribution in [2.45, 2.75) is 71.5 Å². The van der Waals surface area contributed by atoms with Crippen LogP contribution < -0.4 is 16.8 Å². The lowest BCUT2D eigenvalue weighted by atomic mass is 10.0. The molecular weight excluding hydrogens is 358 g/mol. The highest BCUT2D eigenvalue weighted by atomic mass is 16.4. The molecule has 27 heavy (non-hydrogen) atoms. The van der Waals surface area contributed by atoms with Gasteiger partial charge in [-0.05, 0) is 31.1 Å². The predicted octanol–water partition coefficient (Wildman–Crippen LogP) is 0.238. The second-order valence-electron chi connectivity index (χ2n) is 7.14. The van der Waals surface area contributed by atoms with Crippen molar-refractivity contribution in [3.63, 3.8) is 0 Å². The quantitative estimate of drug-likeness (QED) is 0.286. The monoisotopic (exact) mass is 391 g/mol. The van der Waals surface area contributed by atoms with Crippen LogP contribution in [-0.2, 0) is 19.2 Å². The van der Waals surface area contributed by atoms with Crippen molar-refractivity contribution < 1.29 is 34.5 Å². The number of rotatable bonds is 11. The van der Waals surface area contributed by atoms with E-state index in [4.69, 9.17) is 26.8 Å². The summed E-state index contributed by atoms with van der Waals surface area (Å²) in [7, 11) is 0. The zero-order chi connectivity index (χ0) is 21.7. The van der Waals surface area contributed by atoms with Gasteiger partial charge < -0.3 is 32.1 Å². The Morgan fingerprint density at radius 1 is 0.815 bits per heavy atom. The van der Waals surface area contributed by atoms with Crippen molar-refractivity contribution in [1.82, 2.24) is 5.32 Å². The van der Waals surface area contributed by atoms with Gasteiger partial charge in [0.1, 0.15) is 12.1 Å². The highest BCUT2D eigenvalue weighted by Gasteiger charge is 2.24. The molecule has 3 unspecified atom stereocenters. The highest BCUT2D eigenvalue weighted by molar-refractivity contribution is 5.87. The van der Waals surface area contributed by atoms with Crippen LogP contribution in [-0.4, -0.2) is 57.3 Å². The van der Waals surface area contributed by atoms with Crippen LogP contribution in [0.15, 0.2) is 0 Å². The van der Waals surface area contributed by atoms with Crippen molar-refractivity contribution in [2.24, 2.45) is 23.3 Å². The Morgan fingerprint density at radius 2 is 1.30 bits per heavy atom. The molecule has 8 N–H and O–H groups in total. The van der Waals surface area contributed by atoms with Crippen molar-refractivity contribution >= 4 is 23.8 Å². The fraction of sp³-hybridized carbons (Fsp3) is 0.765.